The molecular formula is C21H29FN4OS. The third kappa shape index (κ3) is 3.91. The molecule has 1 aromatic rings. The van der Waals surface area contributed by atoms with Crippen LogP contribution in [0.5, 0.6) is 0 Å². The van der Waals surface area contributed by atoms with Gasteiger partial charge in [-0.05, 0) is 30.3 Å². The Morgan fingerprint density at radius 3 is 2.75 bits per heavy atom. The molecule has 5 nitrogen and oxygen atoms in total. The van der Waals surface area contributed by atoms with Crippen LogP contribution in [0.25, 0.3) is 0 Å². The molecule has 0 saturated carbocycles. The number of piperidine rings is 1. The maximum Gasteiger partial charge on any atom is 0.241 e. The minimum Gasteiger partial charge on any atom is -0.349 e. The van der Waals surface area contributed by atoms with Crippen molar-refractivity contribution < 1.29 is 9.18 Å². The highest BCUT2D eigenvalue weighted by Crippen LogP contribution is 2.35. The Balaban J connectivity index is 1.68. The summed E-state index contributed by atoms with van der Waals surface area (Å²) in [5, 5.41) is 7.16. The number of amides is 1. The van der Waals surface area contributed by atoms with E-state index >= 15 is 0 Å². The smallest absolute Gasteiger partial charge is 0.241 e. The van der Waals surface area contributed by atoms with Crippen LogP contribution in [0.3, 0.4) is 0 Å². The van der Waals surface area contributed by atoms with Crippen LogP contribution in [0, 0.1) is 11.7 Å². The third-order valence-corrected chi connectivity index (χ3v) is 6.35. The van der Waals surface area contributed by atoms with Crippen LogP contribution in [0.2, 0.25) is 0 Å². The fourth-order valence-corrected chi connectivity index (χ4v) is 4.37. The predicted octanol–water partition coefficient (Wildman–Crippen LogP) is 3.35. The van der Waals surface area contributed by atoms with Crippen LogP contribution >= 0.6 is 12.2 Å². The summed E-state index contributed by atoms with van der Waals surface area (Å²) in [6.45, 7) is 9.98. The minimum atomic E-state index is -0.358. The van der Waals surface area contributed by atoms with E-state index in [0.29, 0.717) is 30.4 Å². The summed E-state index contributed by atoms with van der Waals surface area (Å²) in [7, 11) is 0. The van der Waals surface area contributed by atoms with Gasteiger partial charge in [0.1, 0.15) is 5.82 Å². The van der Waals surface area contributed by atoms with E-state index in [1.807, 2.05) is 9.80 Å². The standard InChI is InChI=1S/C21H29FN4OS/c1-4-12-26-19(27)18(15(3)5-2)24-21(26)10-13-25(14-11-21)20(28)23-17-9-7-6-8-16(17)22/h4,6-9,15,18,24H,1,5,10-14H2,2-3H3,(H,23,28)/t15-,18+/m1/s1. The topological polar surface area (TPSA) is 47.6 Å². The van der Waals surface area contributed by atoms with Gasteiger partial charge < -0.3 is 15.1 Å². The van der Waals surface area contributed by atoms with Crippen molar-refractivity contribution in [3.63, 3.8) is 0 Å². The molecule has 0 aliphatic carbocycles. The maximum atomic E-state index is 13.9. The number of hydrogen-bond donors (Lipinski definition) is 2. The summed E-state index contributed by atoms with van der Waals surface area (Å²) in [6.07, 6.45) is 4.26. The second-order valence-corrected chi connectivity index (χ2v) is 8.06. The molecule has 2 heterocycles. The lowest BCUT2D eigenvalue weighted by Gasteiger charge is -2.45. The SMILES string of the molecule is C=CCN1C(=O)[C@H]([C@H](C)CC)NC12CCN(C(=S)Nc1ccccc1F)CC2. The monoisotopic (exact) mass is 404 g/mol. The normalized spacial score (nSPS) is 22.4. The van der Waals surface area contributed by atoms with Crippen LogP contribution in [0.4, 0.5) is 10.1 Å². The van der Waals surface area contributed by atoms with Crippen molar-refractivity contribution in [3.8, 4) is 0 Å². The number of halogens is 1. The van der Waals surface area contributed by atoms with E-state index in [1.165, 1.54) is 6.07 Å². The average molecular weight is 405 g/mol. The largest absolute Gasteiger partial charge is 0.349 e. The first kappa shape index (κ1) is 20.7. The first-order valence-corrected chi connectivity index (χ1v) is 10.3. The number of rotatable bonds is 5. The Kier molecular flexibility index (Phi) is 6.35. The lowest BCUT2D eigenvalue weighted by atomic mass is 9.95. The Bertz CT molecular complexity index is 748. The van der Waals surface area contributed by atoms with E-state index in [2.05, 4.69) is 31.1 Å². The van der Waals surface area contributed by atoms with Crippen molar-refractivity contribution in [2.75, 3.05) is 25.0 Å². The summed E-state index contributed by atoms with van der Waals surface area (Å²) in [4.78, 5) is 17.0. The summed E-state index contributed by atoms with van der Waals surface area (Å²) in [5.74, 6) is 0.116. The first-order valence-electron chi connectivity index (χ1n) is 9.92. The van der Waals surface area contributed by atoms with Gasteiger partial charge >= 0.3 is 0 Å². The Hall–Kier alpha value is -1.99. The van der Waals surface area contributed by atoms with Crippen molar-refractivity contribution in [2.24, 2.45) is 5.92 Å². The molecule has 152 valence electrons. The predicted molar refractivity (Wildman–Crippen MR) is 114 cm³/mol. The lowest BCUT2D eigenvalue weighted by Crippen LogP contribution is -2.60. The molecule has 2 aliphatic rings. The zero-order chi connectivity index (χ0) is 20.3. The van der Waals surface area contributed by atoms with Gasteiger partial charge in [-0.15, -0.1) is 6.58 Å². The number of anilines is 1. The van der Waals surface area contributed by atoms with Crippen molar-refractivity contribution in [1.29, 1.82) is 0 Å². The molecule has 2 atom stereocenters. The molecular weight excluding hydrogens is 375 g/mol. The number of nitrogens with zero attached hydrogens (tertiary/aromatic N) is 2. The quantitative estimate of drug-likeness (QED) is 0.582. The van der Waals surface area contributed by atoms with Gasteiger partial charge in [0.05, 0.1) is 17.4 Å². The summed E-state index contributed by atoms with van der Waals surface area (Å²) >= 11 is 5.50. The number of thiocarbonyl (C=S) groups is 1. The molecule has 0 radical (unpaired) electrons. The Labute approximate surface area is 172 Å². The van der Waals surface area contributed by atoms with Crippen molar-refractivity contribution in [3.05, 3.63) is 42.7 Å². The number of hydrogen-bond acceptors (Lipinski definition) is 3. The molecule has 0 bridgehead atoms. The van der Waals surface area contributed by atoms with Crippen LogP contribution in [-0.2, 0) is 4.79 Å². The number of nitrogens with one attached hydrogen (secondary N) is 2. The molecule has 7 heteroatoms. The van der Waals surface area contributed by atoms with Crippen LogP contribution < -0.4 is 10.6 Å². The second kappa shape index (κ2) is 8.57. The van der Waals surface area contributed by atoms with E-state index in [9.17, 15) is 9.18 Å². The number of benzene rings is 1. The van der Waals surface area contributed by atoms with Crippen LogP contribution in [-0.4, -0.2) is 52.2 Å². The van der Waals surface area contributed by atoms with Gasteiger partial charge in [0.2, 0.25) is 5.91 Å². The minimum absolute atomic E-state index is 0.153. The maximum absolute atomic E-state index is 13.9. The second-order valence-electron chi connectivity index (χ2n) is 7.67. The highest BCUT2D eigenvalue weighted by atomic mass is 32.1. The third-order valence-electron chi connectivity index (χ3n) is 5.99. The summed E-state index contributed by atoms with van der Waals surface area (Å²) in [6, 6.07) is 6.35. The van der Waals surface area contributed by atoms with Gasteiger partial charge in [-0.2, -0.15) is 0 Å². The Morgan fingerprint density at radius 1 is 1.46 bits per heavy atom. The van der Waals surface area contributed by atoms with Crippen LogP contribution in [0.1, 0.15) is 33.1 Å². The van der Waals surface area contributed by atoms with Gasteiger partial charge in [-0.3, -0.25) is 10.1 Å². The highest BCUT2D eigenvalue weighted by Gasteiger charge is 2.52. The average Bonchev–Trinajstić information content (AvgIpc) is 2.96. The van der Waals surface area contributed by atoms with Gasteiger partial charge in [0.15, 0.2) is 5.11 Å². The van der Waals surface area contributed by atoms with Crippen LogP contribution in [0.15, 0.2) is 36.9 Å². The van der Waals surface area contributed by atoms with Crippen molar-refractivity contribution in [2.45, 2.75) is 44.8 Å². The van der Waals surface area contributed by atoms with Gasteiger partial charge in [-0.25, -0.2) is 4.39 Å². The van der Waals surface area contributed by atoms with E-state index in [1.54, 1.807) is 24.3 Å². The molecule has 1 amide bonds. The lowest BCUT2D eigenvalue weighted by molar-refractivity contribution is -0.133. The highest BCUT2D eigenvalue weighted by molar-refractivity contribution is 7.80. The molecule has 1 aromatic carbocycles. The zero-order valence-corrected chi connectivity index (χ0v) is 17.4. The molecule has 0 aromatic heterocycles. The number of para-hydroxylation sites is 1. The number of carbonyl (C=O) groups is 1. The summed E-state index contributed by atoms with van der Waals surface area (Å²) < 4.78 is 13.9. The first-order chi connectivity index (χ1) is 13.4. The van der Waals surface area contributed by atoms with E-state index in [4.69, 9.17) is 12.2 Å². The van der Waals surface area contributed by atoms with E-state index in [-0.39, 0.29) is 29.3 Å². The molecule has 28 heavy (non-hydrogen) atoms. The van der Waals surface area contributed by atoms with Gasteiger partial charge in [0, 0.05) is 32.5 Å². The zero-order valence-electron chi connectivity index (χ0n) is 16.6. The molecule has 2 fully saturated rings. The molecule has 1 spiro atoms. The van der Waals surface area contributed by atoms with E-state index in [0.717, 1.165) is 19.3 Å². The molecule has 3 rings (SSSR count). The fourth-order valence-electron chi connectivity index (χ4n) is 4.07. The summed E-state index contributed by atoms with van der Waals surface area (Å²) in [5.41, 5.74) is 0.0239. The van der Waals surface area contributed by atoms with Crippen molar-refractivity contribution >= 4 is 28.9 Å². The van der Waals surface area contributed by atoms with E-state index < -0.39 is 0 Å². The van der Waals surface area contributed by atoms with Crippen molar-refractivity contribution in [1.82, 2.24) is 15.1 Å². The number of likely N-dealkylation sites (tertiary alicyclic amines) is 1. The number of carbonyl (C=O) groups excluding carboxylic acids is 1. The van der Waals surface area contributed by atoms with Gasteiger partial charge in [-0.1, -0.05) is 38.5 Å². The fraction of sp³-hybridized carbons (Fsp3) is 0.524. The molecule has 2 N–H and O–H groups in total. The van der Waals surface area contributed by atoms with Gasteiger partial charge in [0.25, 0.3) is 0 Å². The molecule has 2 aliphatic heterocycles. The molecule has 0 unspecified atom stereocenters. The Morgan fingerprint density at radius 2 is 2.14 bits per heavy atom. The molecule has 2 saturated heterocycles.